The summed E-state index contributed by atoms with van der Waals surface area (Å²) in [5.41, 5.74) is 41.0. The van der Waals surface area contributed by atoms with E-state index in [-0.39, 0.29) is 16.6 Å². The van der Waals surface area contributed by atoms with Crippen molar-refractivity contribution < 1.29 is 14.3 Å². The van der Waals surface area contributed by atoms with Crippen molar-refractivity contribution in [3.63, 3.8) is 0 Å². The molecule has 6 aromatic rings. The van der Waals surface area contributed by atoms with Gasteiger partial charge in [0.05, 0.1) is 48.9 Å². The van der Waals surface area contributed by atoms with Gasteiger partial charge in [0.15, 0.2) is 0 Å². The van der Waals surface area contributed by atoms with Crippen LogP contribution in [-0.2, 0) is 0 Å². The number of carbonyl (C=O) groups excluding carboxylic acids is 2. The number of amides is 2. The van der Waals surface area contributed by atoms with E-state index in [9.17, 15) is 9.59 Å². The largest absolute Gasteiger partial charge is 0.368 e. The highest BCUT2D eigenvalue weighted by Gasteiger charge is 2.22. The number of primary amides is 2. The van der Waals surface area contributed by atoms with Crippen molar-refractivity contribution in [2.75, 3.05) is 11.5 Å². The van der Waals surface area contributed by atoms with Gasteiger partial charge in [0, 0.05) is 12.4 Å². The fourth-order valence-corrected chi connectivity index (χ4v) is 5.31. The van der Waals surface area contributed by atoms with Gasteiger partial charge in [-0.15, -0.1) is 5.53 Å². The second-order valence-electron chi connectivity index (χ2n) is 9.20. The Labute approximate surface area is 279 Å². The number of benzene rings is 2. The molecular weight excluding hydrogens is 720 g/mol. The Morgan fingerprint density at radius 1 is 0.745 bits per heavy atom. The highest BCUT2D eigenvalue weighted by atomic mass is 127. The lowest BCUT2D eigenvalue weighted by atomic mass is 10.1. The van der Waals surface area contributed by atoms with Crippen molar-refractivity contribution in [3.05, 3.63) is 116 Å². The smallest absolute Gasteiger partial charge is 0.251 e. The molecule has 0 aliphatic heterocycles. The Morgan fingerprint density at radius 2 is 1.23 bits per heavy atom. The lowest BCUT2D eigenvalue weighted by molar-refractivity contribution is 0.0992. The van der Waals surface area contributed by atoms with E-state index >= 15 is 0 Å². The van der Waals surface area contributed by atoms with Crippen LogP contribution in [0.4, 0.5) is 16.6 Å². The number of aromatic nitrogens is 6. The summed E-state index contributed by atoms with van der Waals surface area (Å²) in [6.07, 6.45) is 3.13. The van der Waals surface area contributed by atoms with Crippen molar-refractivity contribution in [2.45, 2.75) is 0 Å². The van der Waals surface area contributed by atoms with Crippen LogP contribution in [0.15, 0.2) is 91.3 Å². The minimum atomic E-state index is -0.501. The van der Waals surface area contributed by atoms with Gasteiger partial charge in [0.1, 0.15) is 0 Å². The van der Waals surface area contributed by atoms with Gasteiger partial charge in [0.2, 0.25) is 11.9 Å². The molecule has 15 nitrogen and oxygen atoms in total. The first kappa shape index (κ1) is 35.2. The molecule has 4 aromatic heterocycles. The monoisotopic (exact) mass is 747 g/mol. The van der Waals surface area contributed by atoms with Gasteiger partial charge in [0.25, 0.3) is 11.8 Å². The fraction of sp³-hybridized carbons (Fsp3) is 0. The minimum absolute atomic E-state index is 0. The first-order valence-electron chi connectivity index (χ1n) is 13.2. The molecule has 0 saturated carbocycles. The highest BCUT2D eigenvalue weighted by Crippen LogP contribution is 2.34. The van der Waals surface area contributed by atoms with Crippen LogP contribution in [0.1, 0.15) is 20.7 Å². The number of halogens is 2. The van der Waals surface area contributed by atoms with E-state index in [1.54, 1.807) is 35.5 Å². The van der Waals surface area contributed by atoms with Crippen LogP contribution in [0.2, 0.25) is 0 Å². The summed E-state index contributed by atoms with van der Waals surface area (Å²) in [6, 6.07) is 24.1. The van der Waals surface area contributed by atoms with Crippen LogP contribution in [0, 0.1) is 9.10 Å². The molecule has 0 bridgehead atoms. The quantitative estimate of drug-likeness (QED) is 0.0508. The number of rotatable bonds is 6. The van der Waals surface area contributed by atoms with E-state index in [1.807, 2.05) is 60.7 Å². The Kier molecular flexibility index (Phi) is 12.1. The topological polar surface area (TPSA) is 282 Å². The van der Waals surface area contributed by atoms with Crippen LogP contribution in [-0.4, -0.2) is 41.7 Å². The van der Waals surface area contributed by atoms with Crippen molar-refractivity contribution in [1.82, 2.24) is 29.9 Å². The first-order chi connectivity index (χ1) is 22.1. The lowest BCUT2D eigenvalue weighted by Gasteiger charge is -2.01. The molecule has 0 spiro atoms. The van der Waals surface area contributed by atoms with E-state index in [1.165, 1.54) is 0 Å². The maximum atomic E-state index is 11.9. The number of nitrogens with zero attached hydrogens (tertiary/aromatic N) is 6. The highest BCUT2D eigenvalue weighted by molar-refractivity contribution is 14.1. The number of H-pyrrole nitrogens is 2. The fourth-order valence-electron chi connectivity index (χ4n) is 4.36. The second-order valence-corrected chi connectivity index (χ2v) is 10.3. The molecule has 6 rings (SSSR count). The number of aromatic amines is 2. The number of nitrogen functional groups attached to an aromatic ring is 2. The molecule has 0 radical (unpaired) electrons. The average Bonchev–Trinajstić information content (AvgIpc) is 3.65. The van der Waals surface area contributed by atoms with Crippen molar-refractivity contribution in [1.29, 1.82) is 5.53 Å². The lowest BCUT2D eigenvalue weighted by Crippen LogP contribution is -2.12. The summed E-state index contributed by atoms with van der Waals surface area (Å²) < 4.78 is 0.710. The zero-order valence-electron chi connectivity index (χ0n) is 24.3. The Hall–Kier alpha value is -6.33. The molecule has 0 unspecified atom stereocenters. The number of nitrogens with two attached hydrogens (primary N) is 4. The second kappa shape index (κ2) is 16.1. The molecule has 47 heavy (non-hydrogen) atoms. The Morgan fingerprint density at radius 3 is 1.72 bits per heavy atom. The van der Waals surface area contributed by atoms with Crippen molar-refractivity contribution in [3.8, 4) is 45.3 Å². The van der Waals surface area contributed by atoms with Gasteiger partial charge in [-0.2, -0.15) is 0 Å². The van der Waals surface area contributed by atoms with E-state index in [2.05, 4.69) is 52.5 Å². The molecule has 11 N–H and O–H groups in total. The Balaban J connectivity index is 0.000000232. The van der Waals surface area contributed by atoms with Gasteiger partial charge < -0.3 is 32.9 Å². The third-order valence-electron chi connectivity index (χ3n) is 6.27. The van der Waals surface area contributed by atoms with Crippen LogP contribution in [0.3, 0.4) is 0 Å². The molecule has 2 amide bonds. The number of hydrogen-bond acceptors (Lipinski definition) is 9. The first-order valence-corrected chi connectivity index (χ1v) is 14.3. The van der Waals surface area contributed by atoms with Crippen LogP contribution < -0.4 is 22.9 Å². The van der Waals surface area contributed by atoms with Crippen molar-refractivity contribution in [2.24, 2.45) is 11.5 Å². The van der Waals surface area contributed by atoms with Crippen LogP contribution in [0.5, 0.6) is 0 Å². The maximum absolute atomic E-state index is 11.9. The van der Waals surface area contributed by atoms with Gasteiger partial charge in [-0.05, 0) is 62.4 Å². The summed E-state index contributed by atoms with van der Waals surface area (Å²) in [7, 11) is 0. The molecule has 2 aromatic carbocycles. The predicted molar refractivity (Wildman–Crippen MR) is 185 cm³/mol. The summed E-state index contributed by atoms with van der Waals surface area (Å²) in [4.78, 5) is 47.7. The SMILES string of the molecule is F.NC(=O)c1c(-c2ccccc2)[nH]c(-c2ccnc(N)n2)c1I.NC(=O)c1cc(-c2ccnc(N)n2)[nH]c1-c1ccccc1.[N-]=[N+]=N. The standard InChI is InChI=1S/C15H12IN5O.C15H13N5O.FH.HN3/c16-11-10(14(17)22)12(8-4-2-1-3-5-8)21-13(11)9-6-7-19-15(18)20-9;16-14(21)10-8-12(11-6-7-18-15(17)20-11)19-13(10)9-4-2-1-3-5-9;;1-3-2/h1-7,21H,(H2,17,22)(H2,18,19,20);1-8,19H,(H2,16,21)(H2,17,18,20);1H;1H. The van der Waals surface area contributed by atoms with Gasteiger partial charge in [-0.25, -0.2) is 19.9 Å². The van der Waals surface area contributed by atoms with Gasteiger partial charge in [-0.1, -0.05) is 60.7 Å². The van der Waals surface area contributed by atoms with Crippen LogP contribution >= 0.6 is 22.6 Å². The normalized spacial score (nSPS) is 9.81. The van der Waals surface area contributed by atoms with Crippen LogP contribution in [0.25, 0.3) is 55.7 Å². The summed E-state index contributed by atoms with van der Waals surface area (Å²) in [6.45, 7) is 0. The molecule has 0 fully saturated rings. The number of carbonyl (C=O) groups is 2. The zero-order valence-corrected chi connectivity index (χ0v) is 26.4. The summed E-state index contributed by atoms with van der Waals surface area (Å²) in [5, 5.41) is 0. The Bertz CT molecular complexity index is 2030. The van der Waals surface area contributed by atoms with Gasteiger partial charge in [-0.3, -0.25) is 14.3 Å². The predicted octanol–water partition coefficient (Wildman–Crippen LogP) is 5.27. The molecule has 0 saturated heterocycles. The molecule has 17 heteroatoms. The molecule has 238 valence electrons. The molecular formula is C30H27FIN13O2. The third-order valence-corrected chi connectivity index (χ3v) is 7.35. The molecule has 0 aliphatic carbocycles. The zero-order chi connectivity index (χ0) is 33.2. The summed E-state index contributed by atoms with van der Waals surface area (Å²) in [5.74, 6) is -0.653. The maximum Gasteiger partial charge on any atom is 0.251 e. The van der Waals surface area contributed by atoms with Crippen molar-refractivity contribution >= 4 is 46.3 Å². The van der Waals surface area contributed by atoms with E-state index in [4.69, 9.17) is 34.0 Å². The van der Waals surface area contributed by atoms with E-state index < -0.39 is 11.8 Å². The molecule has 0 atom stereocenters. The van der Waals surface area contributed by atoms with E-state index in [0.29, 0.717) is 48.9 Å². The molecule has 4 heterocycles. The van der Waals surface area contributed by atoms with Gasteiger partial charge >= 0.3 is 0 Å². The minimum Gasteiger partial charge on any atom is -0.368 e. The number of anilines is 2. The number of hydrogen-bond donors (Lipinski definition) is 7. The van der Waals surface area contributed by atoms with E-state index in [0.717, 1.165) is 11.1 Å². The third kappa shape index (κ3) is 8.44. The average molecular weight is 748 g/mol. The number of nitrogens with one attached hydrogen (secondary N) is 3. The summed E-state index contributed by atoms with van der Waals surface area (Å²) >= 11 is 2.09. The molecule has 0 aliphatic rings.